The highest BCUT2D eigenvalue weighted by Crippen LogP contribution is 2.09. The van der Waals surface area contributed by atoms with Gasteiger partial charge in [-0.3, -0.25) is 18.7 Å². The third-order valence-electron chi connectivity index (χ3n) is 3.96. The van der Waals surface area contributed by atoms with Crippen LogP contribution in [0.25, 0.3) is 11.2 Å². The van der Waals surface area contributed by atoms with Gasteiger partial charge in [0.15, 0.2) is 11.2 Å². The highest BCUT2D eigenvalue weighted by molar-refractivity contribution is 6.29. The van der Waals surface area contributed by atoms with Gasteiger partial charge in [-0.2, -0.15) is 0 Å². The van der Waals surface area contributed by atoms with Crippen LogP contribution in [0.4, 0.5) is 0 Å². The minimum atomic E-state index is -0.457. The van der Waals surface area contributed by atoms with Gasteiger partial charge in [-0.25, -0.2) is 14.8 Å². The summed E-state index contributed by atoms with van der Waals surface area (Å²) in [6.07, 6.45) is 3.02. The summed E-state index contributed by atoms with van der Waals surface area (Å²) in [7, 11) is 2.94. The Morgan fingerprint density at radius 2 is 1.96 bits per heavy atom. The Balaban J connectivity index is 1.70. The van der Waals surface area contributed by atoms with Crippen LogP contribution in [0.15, 0.2) is 34.2 Å². The van der Waals surface area contributed by atoms with Crippen molar-refractivity contribution < 1.29 is 9.53 Å². The van der Waals surface area contributed by atoms with E-state index >= 15 is 0 Å². The van der Waals surface area contributed by atoms with Crippen molar-refractivity contribution in [3.63, 3.8) is 0 Å². The average Bonchev–Trinajstić information content (AvgIpc) is 3.06. The molecule has 3 rings (SSSR count). The van der Waals surface area contributed by atoms with Crippen LogP contribution in [0.1, 0.15) is 12.0 Å². The third kappa shape index (κ3) is 3.38. The van der Waals surface area contributed by atoms with Gasteiger partial charge < -0.3 is 9.30 Å². The van der Waals surface area contributed by atoms with Crippen molar-refractivity contribution in [1.82, 2.24) is 23.7 Å². The van der Waals surface area contributed by atoms with Crippen LogP contribution >= 0.6 is 11.6 Å². The molecule has 3 heterocycles. The van der Waals surface area contributed by atoms with E-state index in [4.69, 9.17) is 16.3 Å². The lowest BCUT2D eigenvalue weighted by atomic mass is 10.3. The number of nitrogens with zero attached hydrogens (tertiary/aromatic N) is 5. The second-order valence-corrected chi connectivity index (χ2v) is 6.10. The van der Waals surface area contributed by atoms with Crippen LogP contribution in [0.2, 0.25) is 5.15 Å². The number of halogens is 1. The molecule has 0 spiro atoms. The van der Waals surface area contributed by atoms with Gasteiger partial charge in [-0.1, -0.05) is 17.7 Å². The monoisotopic (exact) mass is 377 g/mol. The Morgan fingerprint density at radius 3 is 2.65 bits per heavy atom. The molecule has 0 saturated carbocycles. The predicted molar refractivity (Wildman–Crippen MR) is 93.9 cm³/mol. The maximum atomic E-state index is 12.3. The predicted octanol–water partition coefficient (Wildman–Crippen LogP) is 0.616. The second kappa shape index (κ2) is 7.12. The van der Waals surface area contributed by atoms with E-state index < -0.39 is 17.2 Å². The molecule has 0 radical (unpaired) electrons. The van der Waals surface area contributed by atoms with E-state index in [9.17, 15) is 14.4 Å². The van der Waals surface area contributed by atoms with Crippen molar-refractivity contribution in [1.29, 1.82) is 0 Å². The Kier molecular flexibility index (Phi) is 4.90. The fourth-order valence-electron chi connectivity index (χ4n) is 2.51. The van der Waals surface area contributed by atoms with Crippen LogP contribution < -0.4 is 11.2 Å². The lowest BCUT2D eigenvalue weighted by molar-refractivity contribution is -0.145. The zero-order valence-electron chi connectivity index (χ0n) is 14.2. The lowest BCUT2D eigenvalue weighted by Gasteiger charge is -2.07. The molecule has 9 nitrogen and oxygen atoms in total. The molecule has 0 aliphatic rings. The summed E-state index contributed by atoms with van der Waals surface area (Å²) in [5.41, 5.74) is 0.354. The number of aryl methyl sites for hydroxylation is 2. The van der Waals surface area contributed by atoms with E-state index in [0.29, 0.717) is 5.15 Å². The normalized spacial score (nSPS) is 11.0. The van der Waals surface area contributed by atoms with Crippen molar-refractivity contribution in [2.75, 3.05) is 0 Å². The number of pyridine rings is 1. The van der Waals surface area contributed by atoms with Gasteiger partial charge in [0.1, 0.15) is 11.8 Å². The number of hydrogen-bond donors (Lipinski definition) is 0. The molecule has 0 aliphatic heterocycles. The number of carbonyl (C=O) groups is 1. The first-order chi connectivity index (χ1) is 12.4. The summed E-state index contributed by atoms with van der Waals surface area (Å²) in [6, 6.07) is 3.33. The molecule has 3 aromatic rings. The number of ether oxygens (including phenoxy) is 1. The first kappa shape index (κ1) is 17.9. The molecule has 0 amide bonds. The molecule has 0 N–H and O–H groups in total. The van der Waals surface area contributed by atoms with Gasteiger partial charge >= 0.3 is 11.7 Å². The molecule has 0 aliphatic carbocycles. The number of hydrogen-bond acceptors (Lipinski definition) is 6. The van der Waals surface area contributed by atoms with Crippen molar-refractivity contribution in [2.45, 2.75) is 19.6 Å². The number of esters is 1. The first-order valence-electron chi connectivity index (χ1n) is 7.75. The van der Waals surface area contributed by atoms with Gasteiger partial charge in [0.2, 0.25) is 0 Å². The second-order valence-electron chi connectivity index (χ2n) is 5.72. The summed E-state index contributed by atoms with van der Waals surface area (Å²) in [5, 5.41) is 0.364. The van der Waals surface area contributed by atoms with Crippen molar-refractivity contribution in [2.24, 2.45) is 14.1 Å². The van der Waals surface area contributed by atoms with Gasteiger partial charge in [0.05, 0.1) is 12.7 Å². The van der Waals surface area contributed by atoms with E-state index in [1.165, 1.54) is 31.2 Å². The Hall–Kier alpha value is -2.94. The highest BCUT2D eigenvalue weighted by Gasteiger charge is 2.15. The van der Waals surface area contributed by atoms with Crippen LogP contribution in [-0.2, 0) is 36.8 Å². The molecule has 0 saturated heterocycles. The molecule has 0 unspecified atom stereocenters. The van der Waals surface area contributed by atoms with Crippen molar-refractivity contribution >= 4 is 28.7 Å². The van der Waals surface area contributed by atoms with E-state index in [2.05, 4.69) is 9.97 Å². The number of aromatic nitrogens is 5. The zero-order valence-corrected chi connectivity index (χ0v) is 14.9. The fourth-order valence-corrected chi connectivity index (χ4v) is 2.62. The molecular formula is C16H16ClN5O4. The number of fused-ring (bicyclic) bond motifs is 1. The van der Waals surface area contributed by atoms with E-state index in [0.717, 1.165) is 10.1 Å². The molecule has 0 bridgehead atoms. The van der Waals surface area contributed by atoms with Crippen molar-refractivity contribution in [3.8, 4) is 0 Å². The van der Waals surface area contributed by atoms with Gasteiger partial charge in [-0.05, 0) is 6.07 Å². The van der Waals surface area contributed by atoms with Crippen LogP contribution in [0, 0.1) is 0 Å². The van der Waals surface area contributed by atoms with Crippen LogP contribution in [-0.4, -0.2) is 29.6 Å². The zero-order chi connectivity index (χ0) is 18.8. The quantitative estimate of drug-likeness (QED) is 0.477. The largest absolute Gasteiger partial charge is 0.461 e. The first-order valence-corrected chi connectivity index (χ1v) is 8.13. The van der Waals surface area contributed by atoms with E-state index in [-0.39, 0.29) is 30.7 Å². The summed E-state index contributed by atoms with van der Waals surface area (Å²) in [6.45, 7) is 0.297. The maximum absolute atomic E-state index is 12.3. The third-order valence-corrected chi connectivity index (χ3v) is 4.19. The fraction of sp³-hybridized carbons (Fsp3) is 0.312. The standard InChI is InChI=1S/C16H16ClN5O4/c1-20-14-13(15(24)21(2)16(20)25)22(9-19-14)6-5-12(23)26-8-10-3-4-11(17)18-7-10/h3-4,7,9H,5-6,8H2,1-2H3. The smallest absolute Gasteiger partial charge is 0.332 e. The topological polar surface area (TPSA) is 101 Å². The lowest BCUT2D eigenvalue weighted by Crippen LogP contribution is -2.37. The molecular weight excluding hydrogens is 362 g/mol. The Morgan fingerprint density at radius 1 is 1.19 bits per heavy atom. The molecule has 0 atom stereocenters. The summed E-state index contributed by atoms with van der Waals surface area (Å²) in [5.74, 6) is -0.427. The summed E-state index contributed by atoms with van der Waals surface area (Å²) >= 11 is 5.70. The number of carbonyl (C=O) groups excluding carboxylic acids is 1. The van der Waals surface area contributed by atoms with E-state index in [1.54, 1.807) is 16.7 Å². The SMILES string of the molecule is Cn1c(=O)c2c(ncn2CCC(=O)OCc2ccc(Cl)nc2)n(C)c1=O. The molecule has 26 heavy (non-hydrogen) atoms. The van der Waals surface area contributed by atoms with Crippen molar-refractivity contribution in [3.05, 3.63) is 56.2 Å². The molecule has 136 valence electrons. The Labute approximate surface area is 152 Å². The van der Waals surface area contributed by atoms with Gasteiger partial charge in [0, 0.05) is 32.4 Å². The molecule has 3 aromatic heterocycles. The highest BCUT2D eigenvalue weighted by atomic mass is 35.5. The van der Waals surface area contributed by atoms with Crippen LogP contribution in [0.3, 0.4) is 0 Å². The minimum absolute atomic E-state index is 0.0540. The number of rotatable bonds is 5. The van der Waals surface area contributed by atoms with Crippen LogP contribution in [0.5, 0.6) is 0 Å². The maximum Gasteiger partial charge on any atom is 0.332 e. The summed E-state index contributed by atoms with van der Waals surface area (Å²) in [4.78, 5) is 44.2. The number of imidazole rings is 1. The molecule has 0 fully saturated rings. The van der Waals surface area contributed by atoms with Gasteiger partial charge in [-0.15, -0.1) is 0 Å². The molecule has 10 heteroatoms. The average molecular weight is 378 g/mol. The van der Waals surface area contributed by atoms with E-state index in [1.807, 2.05) is 0 Å². The minimum Gasteiger partial charge on any atom is -0.461 e. The van der Waals surface area contributed by atoms with Gasteiger partial charge in [0.25, 0.3) is 5.56 Å². The summed E-state index contributed by atoms with van der Waals surface area (Å²) < 4.78 is 9.02. The molecule has 0 aromatic carbocycles. The Bertz CT molecular complexity index is 1080.